The first-order chi connectivity index (χ1) is 7.36. The minimum atomic E-state index is 0.804. The van der Waals surface area contributed by atoms with Gasteiger partial charge in [0, 0.05) is 22.8 Å². The molecule has 4 heteroatoms. The van der Waals surface area contributed by atoms with E-state index in [1.807, 2.05) is 18.2 Å². The van der Waals surface area contributed by atoms with E-state index >= 15 is 0 Å². The van der Waals surface area contributed by atoms with Crippen LogP contribution in [0.5, 0.6) is 0 Å². The van der Waals surface area contributed by atoms with E-state index in [4.69, 9.17) is 0 Å². The van der Waals surface area contributed by atoms with Gasteiger partial charge >= 0.3 is 0 Å². The molecule has 0 spiro atoms. The fourth-order valence-electron chi connectivity index (χ4n) is 1.55. The first-order valence-corrected chi connectivity index (χ1v) is 6.02. The highest BCUT2D eigenvalue weighted by Gasteiger charge is 2.12. The number of rotatable bonds is 3. The normalized spacial score (nSPS) is 10.5. The zero-order valence-corrected chi connectivity index (χ0v) is 10.1. The van der Waals surface area contributed by atoms with Crippen LogP contribution in [0.1, 0.15) is 18.2 Å². The van der Waals surface area contributed by atoms with Gasteiger partial charge in [-0.05, 0) is 18.6 Å². The van der Waals surface area contributed by atoms with Crippen molar-refractivity contribution in [3.63, 3.8) is 0 Å². The Bertz CT molecular complexity index is 436. The lowest BCUT2D eigenvalue weighted by molar-refractivity contribution is 0.968. The molecule has 3 nitrogen and oxygen atoms in total. The molecule has 0 aliphatic carbocycles. The van der Waals surface area contributed by atoms with Crippen molar-refractivity contribution in [3.05, 3.63) is 35.7 Å². The minimum Gasteiger partial charge on any atom is -0.282 e. The lowest BCUT2D eigenvalue weighted by atomic mass is 10.1. The van der Waals surface area contributed by atoms with Crippen molar-refractivity contribution < 1.29 is 0 Å². The van der Waals surface area contributed by atoms with Crippen LogP contribution in [0.2, 0.25) is 0 Å². The Labute approximate surface area is 97.1 Å². The lowest BCUT2D eigenvalue weighted by Gasteiger charge is -1.99. The van der Waals surface area contributed by atoms with Crippen molar-refractivity contribution in [3.8, 4) is 11.4 Å². The lowest BCUT2D eigenvalue weighted by Crippen LogP contribution is -1.89. The monoisotopic (exact) mass is 265 g/mol. The third kappa shape index (κ3) is 1.95. The summed E-state index contributed by atoms with van der Waals surface area (Å²) in [5.41, 5.74) is 4.25. The Balaban J connectivity index is 2.49. The van der Waals surface area contributed by atoms with Gasteiger partial charge in [0.05, 0.1) is 5.69 Å². The van der Waals surface area contributed by atoms with Gasteiger partial charge in [0.1, 0.15) is 5.69 Å². The molecule has 0 aliphatic rings. The molecule has 0 fully saturated rings. The Hall–Kier alpha value is -1.16. The molecule has 0 unspecified atom stereocenters. The number of aryl methyl sites for hydroxylation is 1. The van der Waals surface area contributed by atoms with E-state index in [0.29, 0.717) is 0 Å². The van der Waals surface area contributed by atoms with Crippen molar-refractivity contribution in [2.45, 2.75) is 18.7 Å². The summed E-state index contributed by atoms with van der Waals surface area (Å²) < 4.78 is 0. The maximum atomic E-state index is 4.31. The number of pyridine rings is 1. The van der Waals surface area contributed by atoms with E-state index in [1.54, 1.807) is 6.20 Å². The molecule has 0 aliphatic heterocycles. The molecular weight excluding hydrogens is 254 g/mol. The molecule has 0 saturated heterocycles. The molecular formula is C11H12BrN3. The molecule has 0 radical (unpaired) electrons. The predicted molar refractivity (Wildman–Crippen MR) is 63.8 cm³/mol. The number of hydrogen-bond acceptors (Lipinski definition) is 2. The SMILES string of the molecule is CCc1[nH]nc(-c2ccccn2)c1CBr. The number of nitrogens with one attached hydrogen (secondary N) is 1. The van der Waals surface area contributed by atoms with Gasteiger partial charge in [0.25, 0.3) is 0 Å². The number of nitrogens with zero attached hydrogens (tertiary/aromatic N) is 2. The van der Waals surface area contributed by atoms with Gasteiger partial charge < -0.3 is 0 Å². The molecule has 0 saturated carbocycles. The summed E-state index contributed by atoms with van der Waals surface area (Å²) in [6, 6.07) is 5.85. The second-order valence-corrected chi connectivity index (χ2v) is 3.79. The smallest absolute Gasteiger partial charge is 0.115 e. The van der Waals surface area contributed by atoms with Crippen molar-refractivity contribution >= 4 is 15.9 Å². The summed E-state index contributed by atoms with van der Waals surface area (Å²) in [7, 11) is 0. The van der Waals surface area contributed by atoms with Crippen molar-refractivity contribution in [1.29, 1.82) is 0 Å². The molecule has 1 N–H and O–H groups in total. The quantitative estimate of drug-likeness (QED) is 0.868. The van der Waals surface area contributed by atoms with Gasteiger partial charge in [-0.3, -0.25) is 10.1 Å². The highest BCUT2D eigenvalue weighted by atomic mass is 79.9. The van der Waals surface area contributed by atoms with Crippen LogP contribution < -0.4 is 0 Å². The van der Waals surface area contributed by atoms with Crippen molar-refractivity contribution in [1.82, 2.24) is 15.2 Å². The highest BCUT2D eigenvalue weighted by molar-refractivity contribution is 9.08. The fourth-order valence-corrected chi connectivity index (χ4v) is 2.16. The molecule has 0 amide bonds. The molecule has 2 aromatic rings. The minimum absolute atomic E-state index is 0.804. The topological polar surface area (TPSA) is 41.6 Å². The molecule has 15 heavy (non-hydrogen) atoms. The predicted octanol–water partition coefficient (Wildman–Crippen LogP) is 2.93. The Kier molecular flexibility index (Phi) is 3.16. The van der Waals surface area contributed by atoms with Crippen molar-refractivity contribution in [2.24, 2.45) is 0 Å². The Morgan fingerprint density at radius 1 is 1.40 bits per heavy atom. The molecule has 0 bridgehead atoms. The molecule has 78 valence electrons. The van der Waals surface area contributed by atoms with Gasteiger partial charge in [-0.15, -0.1) is 0 Å². The zero-order chi connectivity index (χ0) is 10.7. The maximum Gasteiger partial charge on any atom is 0.115 e. The number of alkyl halides is 1. The second kappa shape index (κ2) is 4.57. The summed E-state index contributed by atoms with van der Waals surface area (Å²) in [6.45, 7) is 2.11. The fraction of sp³-hybridized carbons (Fsp3) is 0.273. The summed E-state index contributed by atoms with van der Waals surface area (Å²) in [4.78, 5) is 4.30. The molecule has 2 heterocycles. The average molecular weight is 266 g/mol. The molecule has 2 aromatic heterocycles. The van der Waals surface area contributed by atoms with E-state index in [2.05, 4.69) is 38.0 Å². The average Bonchev–Trinajstić information content (AvgIpc) is 2.72. The standard InChI is InChI=1S/C11H12BrN3/c1-2-9-8(7-12)11(15-14-9)10-5-3-4-6-13-10/h3-6H,2,7H2,1H3,(H,14,15). The number of halogens is 1. The number of aromatic amines is 1. The van der Waals surface area contributed by atoms with E-state index in [1.165, 1.54) is 11.3 Å². The van der Waals surface area contributed by atoms with Crippen LogP contribution in [-0.4, -0.2) is 15.2 Å². The van der Waals surface area contributed by atoms with Crippen LogP contribution in [0, 0.1) is 0 Å². The Morgan fingerprint density at radius 2 is 2.27 bits per heavy atom. The zero-order valence-electron chi connectivity index (χ0n) is 8.50. The van der Waals surface area contributed by atoms with Crippen LogP contribution in [0.3, 0.4) is 0 Å². The Morgan fingerprint density at radius 3 is 2.87 bits per heavy atom. The summed E-state index contributed by atoms with van der Waals surface area (Å²) in [5.74, 6) is 0. The second-order valence-electron chi connectivity index (χ2n) is 3.23. The van der Waals surface area contributed by atoms with Crippen LogP contribution in [-0.2, 0) is 11.8 Å². The van der Waals surface area contributed by atoms with Gasteiger partial charge in [-0.2, -0.15) is 5.10 Å². The number of aromatic nitrogens is 3. The van der Waals surface area contributed by atoms with Gasteiger partial charge in [0.15, 0.2) is 0 Å². The number of hydrogen-bond donors (Lipinski definition) is 1. The van der Waals surface area contributed by atoms with E-state index in [0.717, 1.165) is 23.1 Å². The molecule has 2 rings (SSSR count). The van der Waals surface area contributed by atoms with Crippen LogP contribution in [0.4, 0.5) is 0 Å². The van der Waals surface area contributed by atoms with Crippen LogP contribution in [0.15, 0.2) is 24.4 Å². The highest BCUT2D eigenvalue weighted by Crippen LogP contribution is 2.24. The van der Waals surface area contributed by atoms with E-state index in [9.17, 15) is 0 Å². The largest absolute Gasteiger partial charge is 0.282 e. The van der Waals surface area contributed by atoms with Crippen LogP contribution in [0.25, 0.3) is 11.4 Å². The van der Waals surface area contributed by atoms with Crippen molar-refractivity contribution in [2.75, 3.05) is 0 Å². The third-order valence-electron chi connectivity index (χ3n) is 2.35. The maximum absolute atomic E-state index is 4.31. The van der Waals surface area contributed by atoms with Gasteiger partial charge in [-0.1, -0.05) is 28.9 Å². The third-order valence-corrected chi connectivity index (χ3v) is 2.91. The summed E-state index contributed by atoms with van der Waals surface area (Å²) in [5, 5.41) is 8.17. The van der Waals surface area contributed by atoms with Gasteiger partial charge in [-0.25, -0.2) is 0 Å². The summed E-state index contributed by atoms with van der Waals surface area (Å²) >= 11 is 3.49. The molecule has 0 atom stereocenters. The summed E-state index contributed by atoms with van der Waals surface area (Å²) in [6.07, 6.45) is 2.74. The first kappa shape index (κ1) is 10.4. The first-order valence-electron chi connectivity index (χ1n) is 4.90. The molecule has 0 aromatic carbocycles. The van der Waals surface area contributed by atoms with E-state index in [-0.39, 0.29) is 0 Å². The van der Waals surface area contributed by atoms with Gasteiger partial charge in [0.2, 0.25) is 0 Å². The van der Waals surface area contributed by atoms with E-state index < -0.39 is 0 Å². The van der Waals surface area contributed by atoms with Crippen LogP contribution >= 0.6 is 15.9 Å². The number of H-pyrrole nitrogens is 1.